The molecule has 1 saturated carbocycles. The van der Waals surface area contributed by atoms with Crippen molar-refractivity contribution in [3.8, 4) is 0 Å². The number of anilines is 1. The first kappa shape index (κ1) is 19.6. The summed E-state index contributed by atoms with van der Waals surface area (Å²) in [4.78, 5) is 5.92. The molecule has 0 amide bonds. The van der Waals surface area contributed by atoms with E-state index in [0.29, 0.717) is 17.5 Å². The molecule has 1 saturated heterocycles. The summed E-state index contributed by atoms with van der Waals surface area (Å²) in [5.41, 5.74) is 5.16. The average Bonchev–Trinajstić information content (AvgIpc) is 2.97. The molecule has 1 aliphatic carbocycles. The monoisotopic (exact) mass is 427 g/mol. The fourth-order valence-corrected chi connectivity index (χ4v) is 5.94. The van der Waals surface area contributed by atoms with Crippen LogP contribution in [0.1, 0.15) is 23.7 Å². The summed E-state index contributed by atoms with van der Waals surface area (Å²) in [5, 5.41) is 0.953. The predicted molar refractivity (Wildman–Crippen MR) is 118 cm³/mol. The molecule has 158 valence electrons. The van der Waals surface area contributed by atoms with Crippen LogP contribution in [-0.2, 0) is 22.0 Å². The van der Waals surface area contributed by atoms with Gasteiger partial charge in [0.1, 0.15) is 5.82 Å². The van der Waals surface area contributed by atoms with Crippen molar-refractivity contribution in [3.05, 3.63) is 65.1 Å². The Balaban J connectivity index is 1.30. The molecule has 2 fully saturated rings. The predicted octanol–water partition coefficient (Wildman–Crippen LogP) is 4.01. The minimum atomic E-state index is -3.28. The SMILES string of the molecule is Cc1c(CN2CC3C(C2)C3(C)c2cccc(NS(C)(=O)=O)c2)[nH]c2ccc(F)cc12. The number of H-pyrrole nitrogens is 1. The van der Waals surface area contributed by atoms with E-state index in [1.165, 1.54) is 17.9 Å². The van der Waals surface area contributed by atoms with Crippen molar-refractivity contribution in [3.63, 3.8) is 0 Å². The second kappa shape index (κ2) is 6.56. The largest absolute Gasteiger partial charge is 0.357 e. The number of piperidine rings is 1. The number of hydrogen-bond donors (Lipinski definition) is 2. The zero-order valence-electron chi connectivity index (χ0n) is 17.4. The fourth-order valence-electron chi connectivity index (χ4n) is 5.39. The molecule has 0 radical (unpaired) electrons. The summed E-state index contributed by atoms with van der Waals surface area (Å²) in [6.45, 7) is 7.19. The molecule has 1 aliphatic heterocycles. The highest BCUT2D eigenvalue weighted by Gasteiger charge is 2.65. The summed E-state index contributed by atoms with van der Waals surface area (Å²) >= 11 is 0. The number of likely N-dealkylation sites (tertiary alicyclic amines) is 1. The number of fused-ring (bicyclic) bond motifs is 2. The number of rotatable bonds is 5. The van der Waals surface area contributed by atoms with Gasteiger partial charge in [-0.15, -0.1) is 0 Å². The molecule has 2 N–H and O–H groups in total. The number of nitrogens with zero attached hydrogens (tertiary/aromatic N) is 1. The van der Waals surface area contributed by atoms with Crippen LogP contribution in [0.15, 0.2) is 42.5 Å². The minimum absolute atomic E-state index is 0.0876. The number of aryl methyl sites for hydroxylation is 1. The van der Waals surface area contributed by atoms with Crippen LogP contribution in [-0.4, -0.2) is 37.6 Å². The number of halogens is 1. The molecule has 2 atom stereocenters. The number of aromatic nitrogens is 1. The molecule has 5 nitrogen and oxygen atoms in total. The van der Waals surface area contributed by atoms with Crippen molar-refractivity contribution < 1.29 is 12.8 Å². The van der Waals surface area contributed by atoms with Crippen LogP contribution < -0.4 is 4.72 Å². The molecule has 2 aromatic carbocycles. The van der Waals surface area contributed by atoms with Crippen molar-refractivity contribution in [2.75, 3.05) is 24.1 Å². The lowest BCUT2D eigenvalue weighted by atomic mass is 9.92. The van der Waals surface area contributed by atoms with Gasteiger partial charge in [-0.3, -0.25) is 9.62 Å². The molecule has 1 aromatic heterocycles. The summed E-state index contributed by atoms with van der Waals surface area (Å²) in [6.07, 6.45) is 1.17. The molecule has 3 aromatic rings. The van der Waals surface area contributed by atoms with Crippen LogP contribution in [0.4, 0.5) is 10.1 Å². The third-order valence-electron chi connectivity index (χ3n) is 7.12. The molecule has 2 heterocycles. The smallest absolute Gasteiger partial charge is 0.229 e. The first-order valence-corrected chi connectivity index (χ1v) is 12.1. The molecular weight excluding hydrogens is 401 g/mol. The normalized spacial score (nSPS) is 26.1. The van der Waals surface area contributed by atoms with Gasteiger partial charge in [0.25, 0.3) is 0 Å². The van der Waals surface area contributed by atoms with Gasteiger partial charge in [0.2, 0.25) is 10.0 Å². The molecule has 5 rings (SSSR count). The number of nitrogens with one attached hydrogen (secondary N) is 2. The van der Waals surface area contributed by atoms with E-state index in [4.69, 9.17) is 0 Å². The van der Waals surface area contributed by atoms with Gasteiger partial charge in [-0.1, -0.05) is 19.1 Å². The van der Waals surface area contributed by atoms with Gasteiger partial charge in [0.05, 0.1) is 6.26 Å². The lowest BCUT2D eigenvalue weighted by Crippen LogP contribution is -2.29. The highest BCUT2D eigenvalue weighted by Crippen LogP contribution is 2.63. The Hall–Kier alpha value is -2.38. The third kappa shape index (κ3) is 3.20. The van der Waals surface area contributed by atoms with E-state index in [1.54, 1.807) is 18.2 Å². The third-order valence-corrected chi connectivity index (χ3v) is 7.73. The van der Waals surface area contributed by atoms with E-state index in [0.717, 1.165) is 41.8 Å². The van der Waals surface area contributed by atoms with Gasteiger partial charge in [-0.25, -0.2) is 12.8 Å². The molecule has 0 spiro atoms. The van der Waals surface area contributed by atoms with E-state index >= 15 is 0 Å². The van der Waals surface area contributed by atoms with E-state index < -0.39 is 10.0 Å². The zero-order chi connectivity index (χ0) is 21.3. The molecular formula is C23H26FN3O2S. The van der Waals surface area contributed by atoms with Gasteiger partial charge in [0.15, 0.2) is 0 Å². The van der Waals surface area contributed by atoms with Gasteiger partial charge in [-0.2, -0.15) is 0 Å². The number of hydrogen-bond acceptors (Lipinski definition) is 3. The molecule has 2 unspecified atom stereocenters. The Morgan fingerprint density at radius 3 is 2.63 bits per heavy atom. The van der Waals surface area contributed by atoms with Crippen molar-refractivity contribution in [1.82, 2.24) is 9.88 Å². The van der Waals surface area contributed by atoms with Gasteiger partial charge in [0, 0.05) is 47.3 Å². The van der Waals surface area contributed by atoms with Crippen LogP contribution in [0.5, 0.6) is 0 Å². The zero-order valence-corrected chi connectivity index (χ0v) is 18.2. The molecule has 30 heavy (non-hydrogen) atoms. The highest BCUT2D eigenvalue weighted by molar-refractivity contribution is 7.92. The molecule has 2 aliphatic rings. The fraction of sp³-hybridized carbons (Fsp3) is 0.391. The van der Waals surface area contributed by atoms with Gasteiger partial charge in [-0.05, 0) is 60.2 Å². The van der Waals surface area contributed by atoms with Crippen LogP contribution in [0, 0.1) is 24.6 Å². The van der Waals surface area contributed by atoms with Crippen molar-refractivity contribution in [2.24, 2.45) is 11.8 Å². The van der Waals surface area contributed by atoms with Crippen LogP contribution >= 0.6 is 0 Å². The quantitative estimate of drug-likeness (QED) is 0.647. The number of aromatic amines is 1. The first-order valence-electron chi connectivity index (χ1n) is 10.2. The van der Waals surface area contributed by atoms with Crippen molar-refractivity contribution in [1.29, 1.82) is 0 Å². The highest BCUT2D eigenvalue weighted by atomic mass is 32.2. The lowest BCUT2D eigenvalue weighted by molar-refractivity contribution is 0.267. The summed E-state index contributed by atoms with van der Waals surface area (Å²) in [7, 11) is -3.28. The maximum atomic E-state index is 13.6. The standard InChI is InChI=1S/C23H26FN3O2S/c1-14-18-10-16(24)7-8-21(18)25-22(14)13-27-11-19-20(12-27)23(19,2)15-5-4-6-17(9-15)26-30(3,28)29/h4-10,19-20,25-26H,11-13H2,1-3H3. The van der Waals surface area contributed by atoms with E-state index in [9.17, 15) is 12.8 Å². The van der Waals surface area contributed by atoms with Crippen molar-refractivity contribution in [2.45, 2.75) is 25.8 Å². The Morgan fingerprint density at radius 2 is 1.93 bits per heavy atom. The van der Waals surface area contributed by atoms with Crippen LogP contribution in [0.2, 0.25) is 0 Å². The first-order chi connectivity index (χ1) is 14.1. The Kier molecular flexibility index (Phi) is 4.28. The second-order valence-corrected chi connectivity index (χ2v) is 10.8. The van der Waals surface area contributed by atoms with Crippen molar-refractivity contribution >= 4 is 26.6 Å². The Labute approximate surface area is 176 Å². The number of sulfonamides is 1. The van der Waals surface area contributed by atoms with Crippen LogP contribution in [0.25, 0.3) is 10.9 Å². The van der Waals surface area contributed by atoms with E-state index in [-0.39, 0.29) is 11.2 Å². The summed E-state index contributed by atoms with van der Waals surface area (Å²) < 4.78 is 39.3. The molecule has 0 bridgehead atoms. The van der Waals surface area contributed by atoms with E-state index in [2.05, 4.69) is 34.5 Å². The Morgan fingerprint density at radius 1 is 1.20 bits per heavy atom. The average molecular weight is 428 g/mol. The number of benzene rings is 2. The van der Waals surface area contributed by atoms with Gasteiger partial charge < -0.3 is 4.98 Å². The Bertz CT molecular complexity index is 1240. The second-order valence-electron chi connectivity index (χ2n) is 9.06. The summed E-state index contributed by atoms with van der Waals surface area (Å²) in [5.74, 6) is 0.920. The minimum Gasteiger partial charge on any atom is -0.357 e. The topological polar surface area (TPSA) is 65.2 Å². The maximum absolute atomic E-state index is 13.6. The lowest BCUT2D eigenvalue weighted by Gasteiger charge is -2.24. The van der Waals surface area contributed by atoms with E-state index in [1.807, 2.05) is 12.1 Å². The van der Waals surface area contributed by atoms with Crippen LogP contribution in [0.3, 0.4) is 0 Å². The summed E-state index contributed by atoms with van der Waals surface area (Å²) in [6, 6.07) is 12.7. The van der Waals surface area contributed by atoms with Gasteiger partial charge >= 0.3 is 0 Å². The maximum Gasteiger partial charge on any atom is 0.229 e. The molecule has 7 heteroatoms.